The lowest BCUT2D eigenvalue weighted by Gasteiger charge is -2.15. The van der Waals surface area contributed by atoms with Gasteiger partial charge in [0.1, 0.15) is 19.1 Å². The molecule has 0 amide bonds. The molecule has 0 saturated carbocycles. The fourth-order valence-electron chi connectivity index (χ4n) is 4.34. The zero-order valence-corrected chi connectivity index (χ0v) is 25.2. The monoisotopic (exact) mass is 583 g/mol. The molecule has 5 aromatic rings. The normalized spacial score (nSPS) is 12.0. The van der Waals surface area contributed by atoms with Gasteiger partial charge < -0.3 is 18.8 Å². The molecule has 0 spiro atoms. The third-order valence-electron chi connectivity index (χ3n) is 6.45. The van der Waals surface area contributed by atoms with E-state index in [4.69, 9.17) is 37.4 Å². The van der Waals surface area contributed by atoms with Crippen LogP contribution < -0.4 is 9.47 Å². The number of rotatable bonds is 10. The molecule has 0 bridgehead atoms. The Bertz CT molecular complexity index is 1630. The highest BCUT2D eigenvalue weighted by atomic mass is 35.5. The van der Waals surface area contributed by atoms with Crippen molar-refractivity contribution in [2.45, 2.75) is 39.0 Å². The fourth-order valence-corrected chi connectivity index (χ4v) is 5.56. The smallest absolute Gasteiger partial charge is 0.228 e. The van der Waals surface area contributed by atoms with Crippen LogP contribution in [0.3, 0.4) is 0 Å². The third kappa shape index (κ3) is 6.06. The van der Waals surface area contributed by atoms with Crippen molar-refractivity contribution < 1.29 is 14.2 Å². The van der Waals surface area contributed by atoms with Crippen molar-refractivity contribution in [1.82, 2.24) is 24.3 Å². The average molecular weight is 585 g/mol. The number of halogens is 2. The molecule has 11 heteroatoms. The number of nitrogens with zero attached hydrogens (tertiary/aromatic N) is 5. The summed E-state index contributed by atoms with van der Waals surface area (Å²) in [5.74, 6) is 1.15. The number of benzene rings is 2. The number of ether oxygens (including phenoxy) is 3. The molecule has 39 heavy (non-hydrogen) atoms. The van der Waals surface area contributed by atoms with E-state index in [1.54, 1.807) is 11.8 Å². The SMILES string of the molecule is COc1ccc(COc2nc(Cl)nc3c2c(-c2ccc4nn(C)cc4c2Cl)cn3COCC[Si](C)(C)C)cc1. The Labute approximate surface area is 238 Å². The maximum atomic E-state index is 6.95. The van der Waals surface area contributed by atoms with Gasteiger partial charge in [-0.15, -0.1) is 0 Å². The van der Waals surface area contributed by atoms with Crippen LogP contribution in [0.1, 0.15) is 5.56 Å². The highest BCUT2D eigenvalue weighted by Gasteiger charge is 2.22. The van der Waals surface area contributed by atoms with Crippen LogP contribution in [-0.2, 0) is 25.1 Å². The van der Waals surface area contributed by atoms with Crippen LogP contribution >= 0.6 is 23.2 Å². The molecule has 0 atom stereocenters. The number of aromatic nitrogens is 5. The predicted molar refractivity (Wildman–Crippen MR) is 159 cm³/mol. The second kappa shape index (κ2) is 11.2. The van der Waals surface area contributed by atoms with Crippen LogP contribution in [0.15, 0.2) is 48.8 Å². The van der Waals surface area contributed by atoms with Crippen LogP contribution in [0.5, 0.6) is 11.6 Å². The molecule has 0 aliphatic rings. The summed E-state index contributed by atoms with van der Waals surface area (Å²) in [4.78, 5) is 9.05. The summed E-state index contributed by atoms with van der Waals surface area (Å²) < 4.78 is 21.3. The van der Waals surface area contributed by atoms with Gasteiger partial charge in [0.05, 0.1) is 23.0 Å². The minimum atomic E-state index is -1.23. The number of hydrogen-bond acceptors (Lipinski definition) is 6. The minimum Gasteiger partial charge on any atom is -0.497 e. The molecule has 3 heterocycles. The second-order valence-electron chi connectivity index (χ2n) is 10.7. The standard InChI is InChI=1S/C28H31Cl2N5O3Si/c1-34-14-22-23(33-34)11-10-20(25(22)29)21-15-35(17-37-12-13-39(3,4)5)26-24(21)27(32-28(30)31-26)38-16-18-6-8-19(36-2)9-7-18/h6-11,14-15H,12-13,16-17H2,1-5H3. The van der Waals surface area contributed by atoms with Gasteiger partial charge in [-0.3, -0.25) is 4.68 Å². The van der Waals surface area contributed by atoms with Crippen LogP contribution in [0.4, 0.5) is 0 Å². The van der Waals surface area contributed by atoms with Crippen molar-refractivity contribution in [1.29, 1.82) is 0 Å². The third-order valence-corrected chi connectivity index (χ3v) is 8.73. The number of methoxy groups -OCH3 is 1. The van der Waals surface area contributed by atoms with Gasteiger partial charge in [0.25, 0.3) is 0 Å². The summed E-state index contributed by atoms with van der Waals surface area (Å²) >= 11 is 13.4. The molecule has 0 unspecified atom stereocenters. The van der Waals surface area contributed by atoms with Gasteiger partial charge in [-0.05, 0) is 41.4 Å². The first-order valence-corrected chi connectivity index (χ1v) is 17.1. The molecular formula is C28H31Cl2N5O3Si. The fraction of sp³-hybridized carbons (Fsp3) is 0.321. The molecule has 8 nitrogen and oxygen atoms in total. The van der Waals surface area contributed by atoms with E-state index < -0.39 is 8.07 Å². The summed E-state index contributed by atoms with van der Waals surface area (Å²) in [7, 11) is 2.29. The van der Waals surface area contributed by atoms with Crippen molar-refractivity contribution in [3.8, 4) is 22.8 Å². The molecular weight excluding hydrogens is 553 g/mol. The molecule has 3 aromatic heterocycles. The average Bonchev–Trinajstić information content (AvgIpc) is 3.45. The van der Waals surface area contributed by atoms with E-state index in [9.17, 15) is 0 Å². The summed E-state index contributed by atoms with van der Waals surface area (Å²) in [5, 5.41) is 6.74. The van der Waals surface area contributed by atoms with Crippen molar-refractivity contribution in [3.05, 3.63) is 64.7 Å². The van der Waals surface area contributed by atoms with E-state index in [1.807, 2.05) is 60.4 Å². The van der Waals surface area contributed by atoms with Crippen molar-refractivity contribution >= 4 is 53.2 Å². The van der Waals surface area contributed by atoms with E-state index in [2.05, 4.69) is 34.7 Å². The van der Waals surface area contributed by atoms with Gasteiger partial charge in [-0.25, -0.2) is 0 Å². The molecule has 0 N–H and O–H groups in total. The molecule has 0 fully saturated rings. The zero-order valence-electron chi connectivity index (χ0n) is 22.7. The molecule has 5 rings (SSSR count). The largest absolute Gasteiger partial charge is 0.497 e. The Hall–Kier alpha value is -3.11. The molecule has 0 aliphatic heterocycles. The van der Waals surface area contributed by atoms with E-state index >= 15 is 0 Å². The van der Waals surface area contributed by atoms with Gasteiger partial charge in [-0.2, -0.15) is 15.1 Å². The quantitative estimate of drug-likeness (QED) is 0.0983. The number of fused-ring (bicyclic) bond motifs is 2. The van der Waals surface area contributed by atoms with Crippen molar-refractivity contribution in [3.63, 3.8) is 0 Å². The Balaban J connectivity index is 1.58. The summed E-state index contributed by atoms with van der Waals surface area (Å²) in [5.41, 5.74) is 4.05. The maximum Gasteiger partial charge on any atom is 0.228 e. The van der Waals surface area contributed by atoms with E-state index in [0.29, 0.717) is 41.9 Å². The summed E-state index contributed by atoms with van der Waals surface area (Å²) in [6, 6.07) is 12.7. The summed E-state index contributed by atoms with van der Waals surface area (Å²) in [6.45, 7) is 8.27. The first-order valence-electron chi connectivity index (χ1n) is 12.6. The van der Waals surface area contributed by atoms with E-state index in [0.717, 1.165) is 39.4 Å². The van der Waals surface area contributed by atoms with Crippen LogP contribution in [0.25, 0.3) is 33.1 Å². The molecule has 204 valence electrons. The first kappa shape index (κ1) is 27.5. The topological polar surface area (TPSA) is 76.2 Å². The van der Waals surface area contributed by atoms with Gasteiger partial charge in [0.2, 0.25) is 11.2 Å². The highest BCUT2D eigenvalue weighted by molar-refractivity contribution is 6.76. The lowest BCUT2D eigenvalue weighted by atomic mass is 10.0. The molecule has 2 aromatic carbocycles. The first-order chi connectivity index (χ1) is 18.6. The lowest BCUT2D eigenvalue weighted by molar-refractivity contribution is 0.0899. The van der Waals surface area contributed by atoms with Crippen LogP contribution in [0.2, 0.25) is 36.0 Å². The lowest BCUT2D eigenvalue weighted by Crippen LogP contribution is -2.22. The van der Waals surface area contributed by atoms with Crippen molar-refractivity contribution in [2.24, 2.45) is 7.05 Å². The van der Waals surface area contributed by atoms with Gasteiger partial charge in [0.15, 0.2) is 5.65 Å². The Morgan fingerprint density at radius 1 is 0.949 bits per heavy atom. The summed E-state index contributed by atoms with van der Waals surface area (Å²) in [6.07, 6.45) is 3.89. The minimum absolute atomic E-state index is 0.0917. The molecule has 0 aliphatic carbocycles. The molecule has 0 radical (unpaired) electrons. The second-order valence-corrected chi connectivity index (χ2v) is 17.0. The number of aryl methyl sites for hydroxylation is 1. The van der Waals surface area contributed by atoms with Gasteiger partial charge in [0, 0.05) is 50.6 Å². The Morgan fingerprint density at radius 3 is 2.44 bits per heavy atom. The number of hydrogen-bond donors (Lipinski definition) is 0. The predicted octanol–water partition coefficient (Wildman–Crippen LogP) is 7.19. The highest BCUT2D eigenvalue weighted by Crippen LogP contribution is 2.41. The maximum absolute atomic E-state index is 6.95. The molecule has 0 saturated heterocycles. The van der Waals surface area contributed by atoms with Crippen LogP contribution in [-0.4, -0.2) is 46.1 Å². The van der Waals surface area contributed by atoms with Crippen LogP contribution in [0, 0.1) is 0 Å². The zero-order chi connectivity index (χ0) is 27.7. The van der Waals surface area contributed by atoms with Crippen molar-refractivity contribution in [2.75, 3.05) is 13.7 Å². The van der Waals surface area contributed by atoms with Gasteiger partial charge >= 0.3 is 0 Å². The van der Waals surface area contributed by atoms with E-state index in [-0.39, 0.29) is 5.28 Å². The van der Waals surface area contributed by atoms with Gasteiger partial charge in [-0.1, -0.05) is 49.4 Å². The van der Waals surface area contributed by atoms with E-state index in [1.165, 1.54) is 0 Å². The Kier molecular flexibility index (Phi) is 7.86. The Morgan fingerprint density at radius 2 is 1.72 bits per heavy atom.